The van der Waals surface area contributed by atoms with Crippen LogP contribution in [-0.2, 0) is 29.2 Å². The minimum Gasteiger partial charge on any atom is -0.492 e. The Hall–Kier alpha value is -4.70. The lowest BCUT2D eigenvalue weighted by molar-refractivity contribution is -0.116. The van der Waals surface area contributed by atoms with E-state index in [9.17, 15) is 19.2 Å². The Balaban J connectivity index is 1.49. The van der Waals surface area contributed by atoms with Crippen molar-refractivity contribution in [3.63, 3.8) is 0 Å². The molecule has 218 valence electrons. The summed E-state index contributed by atoms with van der Waals surface area (Å²) in [5.74, 6) is -0.348. The van der Waals surface area contributed by atoms with Crippen LogP contribution in [-0.4, -0.2) is 40.3 Å². The summed E-state index contributed by atoms with van der Waals surface area (Å²) in [5, 5.41) is 5.91. The van der Waals surface area contributed by atoms with E-state index < -0.39 is 17.2 Å². The number of benzene rings is 3. The Bertz CT molecular complexity index is 1720. The van der Waals surface area contributed by atoms with Gasteiger partial charge in [-0.25, -0.2) is 4.79 Å². The van der Waals surface area contributed by atoms with Gasteiger partial charge in [-0.2, -0.15) is 0 Å². The van der Waals surface area contributed by atoms with Gasteiger partial charge in [0.15, 0.2) is 0 Å². The molecular formula is C32H34N4O6. The summed E-state index contributed by atoms with van der Waals surface area (Å²) in [4.78, 5) is 53.5. The largest absolute Gasteiger partial charge is 0.492 e. The molecule has 2 amide bonds. The summed E-state index contributed by atoms with van der Waals surface area (Å²) in [5.41, 5.74) is 1.85. The average molecular weight is 571 g/mol. The molecule has 0 radical (unpaired) electrons. The monoisotopic (exact) mass is 570 g/mol. The SMILES string of the molecule is CCOc1ccccc1NC(=O)Cn1c(=O)n(CC2CCCO2)c(=O)c2ccc(C(=O)NCc3ccc(C)cc3)cc21. The van der Waals surface area contributed by atoms with Gasteiger partial charge in [-0.3, -0.25) is 23.5 Å². The summed E-state index contributed by atoms with van der Waals surface area (Å²) in [7, 11) is 0. The fourth-order valence-corrected chi connectivity index (χ4v) is 5.04. The van der Waals surface area contributed by atoms with Crippen LogP contribution < -0.4 is 26.6 Å². The van der Waals surface area contributed by atoms with Crippen molar-refractivity contribution in [1.29, 1.82) is 0 Å². The van der Waals surface area contributed by atoms with Gasteiger partial charge in [-0.05, 0) is 62.6 Å². The van der Waals surface area contributed by atoms with Crippen molar-refractivity contribution in [2.24, 2.45) is 0 Å². The minimum atomic E-state index is -0.645. The number of nitrogens with one attached hydrogen (secondary N) is 2. The first-order valence-corrected chi connectivity index (χ1v) is 14.1. The maximum Gasteiger partial charge on any atom is 0.332 e. The highest BCUT2D eigenvalue weighted by atomic mass is 16.5. The second kappa shape index (κ2) is 12.9. The van der Waals surface area contributed by atoms with Gasteiger partial charge in [0.05, 0.1) is 35.8 Å². The summed E-state index contributed by atoms with van der Waals surface area (Å²) in [6.45, 7) is 4.84. The number of ether oxygens (including phenoxy) is 2. The molecule has 0 spiro atoms. The lowest BCUT2D eigenvalue weighted by Gasteiger charge is -2.17. The van der Waals surface area contributed by atoms with E-state index in [1.165, 1.54) is 16.7 Å². The molecule has 2 heterocycles. The van der Waals surface area contributed by atoms with Crippen LogP contribution in [0.2, 0.25) is 0 Å². The zero-order valence-electron chi connectivity index (χ0n) is 23.7. The third-order valence-corrected chi connectivity index (χ3v) is 7.23. The number of anilines is 1. The van der Waals surface area contributed by atoms with Crippen molar-refractivity contribution in [2.45, 2.75) is 52.4 Å². The fourth-order valence-electron chi connectivity index (χ4n) is 5.04. The molecule has 1 saturated heterocycles. The van der Waals surface area contributed by atoms with Gasteiger partial charge in [0, 0.05) is 18.7 Å². The van der Waals surface area contributed by atoms with Gasteiger partial charge in [0.1, 0.15) is 12.3 Å². The van der Waals surface area contributed by atoms with Crippen LogP contribution in [0.5, 0.6) is 5.75 Å². The minimum absolute atomic E-state index is 0.0845. The molecule has 0 saturated carbocycles. The number of rotatable bonds is 10. The molecular weight excluding hydrogens is 536 g/mol. The standard InChI is InChI=1S/C32H34N4O6/c1-3-41-28-9-5-4-8-26(28)34-29(37)20-35-27-17-23(30(38)33-18-22-12-10-21(2)11-13-22)14-15-25(27)31(39)36(32(35)40)19-24-7-6-16-42-24/h4-5,8-15,17,24H,3,6-7,16,18-20H2,1-2H3,(H,33,38)(H,34,37). The van der Waals surface area contributed by atoms with Crippen LogP contribution in [0.1, 0.15) is 41.3 Å². The van der Waals surface area contributed by atoms with Gasteiger partial charge in [-0.1, -0.05) is 42.0 Å². The lowest BCUT2D eigenvalue weighted by Crippen LogP contribution is -2.43. The molecule has 5 rings (SSSR count). The third-order valence-electron chi connectivity index (χ3n) is 7.23. The normalized spacial score (nSPS) is 14.6. The molecule has 42 heavy (non-hydrogen) atoms. The summed E-state index contributed by atoms with van der Waals surface area (Å²) < 4.78 is 13.6. The second-order valence-electron chi connectivity index (χ2n) is 10.3. The van der Waals surface area contributed by atoms with Gasteiger partial charge >= 0.3 is 5.69 Å². The zero-order chi connectivity index (χ0) is 29.6. The predicted molar refractivity (Wildman–Crippen MR) is 160 cm³/mol. The number of nitrogens with zero attached hydrogens (tertiary/aromatic N) is 2. The molecule has 10 nitrogen and oxygen atoms in total. The third kappa shape index (κ3) is 6.44. The number of para-hydroxylation sites is 2. The highest BCUT2D eigenvalue weighted by molar-refractivity contribution is 5.98. The number of hydrogen-bond acceptors (Lipinski definition) is 6. The summed E-state index contributed by atoms with van der Waals surface area (Å²) in [6.07, 6.45) is 1.32. The van der Waals surface area contributed by atoms with Crippen LogP contribution in [0.25, 0.3) is 10.9 Å². The lowest BCUT2D eigenvalue weighted by atomic mass is 10.1. The zero-order valence-corrected chi connectivity index (χ0v) is 23.7. The molecule has 1 aliphatic rings. The van der Waals surface area contributed by atoms with Crippen molar-refractivity contribution in [3.8, 4) is 5.75 Å². The maximum atomic E-state index is 13.7. The maximum absolute atomic E-state index is 13.7. The average Bonchev–Trinajstić information content (AvgIpc) is 3.51. The highest BCUT2D eigenvalue weighted by Crippen LogP contribution is 2.24. The van der Waals surface area contributed by atoms with E-state index in [-0.39, 0.29) is 41.6 Å². The van der Waals surface area contributed by atoms with Crippen molar-refractivity contribution in [3.05, 3.63) is 104 Å². The highest BCUT2D eigenvalue weighted by Gasteiger charge is 2.22. The molecule has 0 aliphatic carbocycles. The molecule has 1 atom stereocenters. The molecule has 1 aromatic heterocycles. The fraction of sp³-hybridized carbons (Fsp3) is 0.312. The molecule has 2 N–H and O–H groups in total. The molecule has 1 unspecified atom stereocenters. The summed E-state index contributed by atoms with van der Waals surface area (Å²) in [6, 6.07) is 19.4. The number of fused-ring (bicyclic) bond motifs is 1. The van der Waals surface area contributed by atoms with Crippen LogP contribution >= 0.6 is 0 Å². The second-order valence-corrected chi connectivity index (χ2v) is 10.3. The first-order valence-electron chi connectivity index (χ1n) is 14.1. The Morgan fingerprint density at radius 1 is 1.02 bits per heavy atom. The number of aryl methyl sites for hydroxylation is 1. The molecule has 3 aromatic carbocycles. The van der Waals surface area contributed by atoms with E-state index in [1.54, 1.807) is 30.3 Å². The van der Waals surface area contributed by atoms with Crippen LogP contribution in [0.15, 0.2) is 76.3 Å². The van der Waals surface area contributed by atoms with Crippen molar-refractivity contribution in [1.82, 2.24) is 14.5 Å². The summed E-state index contributed by atoms with van der Waals surface area (Å²) >= 11 is 0. The number of carbonyl (C=O) groups excluding carboxylic acids is 2. The van der Waals surface area contributed by atoms with Gasteiger partial charge in [0.25, 0.3) is 11.5 Å². The van der Waals surface area contributed by atoms with Crippen molar-refractivity contribution >= 4 is 28.4 Å². The van der Waals surface area contributed by atoms with E-state index in [0.29, 0.717) is 31.2 Å². The van der Waals surface area contributed by atoms with Crippen molar-refractivity contribution < 1.29 is 19.1 Å². The topological polar surface area (TPSA) is 121 Å². The van der Waals surface area contributed by atoms with E-state index in [4.69, 9.17) is 9.47 Å². The quantitative estimate of drug-likeness (QED) is 0.301. The van der Waals surface area contributed by atoms with E-state index >= 15 is 0 Å². The Kier molecular flexibility index (Phi) is 8.83. The Morgan fingerprint density at radius 3 is 2.55 bits per heavy atom. The first kappa shape index (κ1) is 28.8. The molecule has 4 aromatic rings. The van der Waals surface area contributed by atoms with Gasteiger partial charge in [-0.15, -0.1) is 0 Å². The van der Waals surface area contributed by atoms with Gasteiger partial charge in [0.2, 0.25) is 5.91 Å². The number of amides is 2. The smallest absolute Gasteiger partial charge is 0.332 e. The van der Waals surface area contributed by atoms with E-state index in [1.807, 2.05) is 38.1 Å². The van der Waals surface area contributed by atoms with Gasteiger partial charge < -0.3 is 20.1 Å². The van der Waals surface area contributed by atoms with E-state index in [2.05, 4.69) is 10.6 Å². The Morgan fingerprint density at radius 2 is 1.81 bits per heavy atom. The van der Waals surface area contributed by atoms with Crippen LogP contribution in [0.4, 0.5) is 5.69 Å². The van der Waals surface area contributed by atoms with Crippen LogP contribution in [0, 0.1) is 6.92 Å². The number of carbonyl (C=O) groups is 2. The van der Waals surface area contributed by atoms with Crippen molar-refractivity contribution in [2.75, 3.05) is 18.5 Å². The Labute approximate surface area is 242 Å². The first-order chi connectivity index (χ1) is 20.3. The molecule has 10 heteroatoms. The molecule has 1 aliphatic heterocycles. The van der Waals surface area contributed by atoms with E-state index in [0.717, 1.165) is 28.5 Å². The molecule has 0 bridgehead atoms. The molecule has 1 fully saturated rings. The number of hydrogen-bond donors (Lipinski definition) is 2. The predicted octanol–water partition coefficient (Wildman–Crippen LogP) is 3.62. The van der Waals surface area contributed by atoms with Crippen LogP contribution in [0.3, 0.4) is 0 Å². The number of aromatic nitrogens is 2.